The summed E-state index contributed by atoms with van der Waals surface area (Å²) < 4.78 is 0. The van der Waals surface area contributed by atoms with Crippen LogP contribution in [0, 0.1) is 0 Å². The second-order valence-electron chi connectivity index (χ2n) is 9.43. The summed E-state index contributed by atoms with van der Waals surface area (Å²) in [5.41, 5.74) is 9.40. The SMILES string of the molecule is O=C([O-])c1ccc2c(c1)C1c3ccccc3C2C2c3ccccc3C1c1cc(C(=O)[O-])ccc12. The van der Waals surface area contributed by atoms with Crippen molar-refractivity contribution in [3.8, 4) is 0 Å². The van der Waals surface area contributed by atoms with E-state index in [1.807, 2.05) is 24.3 Å². The molecule has 6 aliphatic rings. The van der Waals surface area contributed by atoms with Gasteiger partial charge >= 0.3 is 0 Å². The van der Waals surface area contributed by atoms with Gasteiger partial charge in [-0.2, -0.15) is 0 Å². The van der Waals surface area contributed by atoms with E-state index in [-0.39, 0.29) is 34.8 Å². The highest BCUT2D eigenvalue weighted by Crippen LogP contribution is 2.63. The number of carboxylic acid groups (broad SMARTS) is 2. The summed E-state index contributed by atoms with van der Waals surface area (Å²) in [5, 5.41) is 23.6. The standard InChI is InChI=1S/C30H20O4/c31-29(32)15-9-11-21-23(13-15)27-19-7-3-1-5-17(19)25(21)26-18-6-2-4-8-20(18)28(27)24-14-16(30(33)34)10-12-22(24)26/h1-14,25-28H,(H,31,32)(H,33,34)/p-2. The highest BCUT2D eigenvalue weighted by Gasteiger charge is 2.49. The summed E-state index contributed by atoms with van der Waals surface area (Å²) >= 11 is 0. The number of benzene rings is 4. The van der Waals surface area contributed by atoms with Crippen LogP contribution in [0.5, 0.6) is 0 Å². The minimum atomic E-state index is -1.20. The third kappa shape index (κ3) is 2.37. The van der Waals surface area contributed by atoms with Crippen LogP contribution in [0.3, 0.4) is 0 Å². The van der Waals surface area contributed by atoms with Gasteiger partial charge in [-0.1, -0.05) is 72.8 Å². The maximum Gasteiger partial charge on any atom is 0.0715 e. The Labute approximate surface area is 196 Å². The lowest BCUT2D eigenvalue weighted by molar-refractivity contribution is -0.256. The molecule has 0 saturated heterocycles. The van der Waals surface area contributed by atoms with E-state index in [9.17, 15) is 19.8 Å². The Bertz CT molecular complexity index is 1430. The second kappa shape index (κ2) is 6.67. The second-order valence-corrected chi connectivity index (χ2v) is 9.43. The number of carbonyl (C=O) groups excluding carboxylic acids is 2. The first-order valence-electron chi connectivity index (χ1n) is 11.4. The van der Waals surface area contributed by atoms with Gasteiger partial charge in [-0.25, -0.2) is 0 Å². The van der Waals surface area contributed by atoms with Crippen LogP contribution in [-0.4, -0.2) is 11.9 Å². The van der Waals surface area contributed by atoms with Crippen LogP contribution >= 0.6 is 0 Å². The number of aromatic carboxylic acids is 2. The van der Waals surface area contributed by atoms with Crippen molar-refractivity contribution < 1.29 is 19.8 Å². The lowest BCUT2D eigenvalue weighted by atomic mass is 9.53. The summed E-state index contributed by atoms with van der Waals surface area (Å²) in [7, 11) is 0. The molecule has 4 unspecified atom stereocenters. The van der Waals surface area contributed by atoms with Gasteiger partial charge in [0, 0.05) is 23.7 Å². The predicted octanol–water partition coefficient (Wildman–Crippen LogP) is 3.28. The molecule has 4 heteroatoms. The van der Waals surface area contributed by atoms with E-state index >= 15 is 0 Å². The Balaban J connectivity index is 1.63. The lowest BCUT2D eigenvalue weighted by Gasteiger charge is -2.50. The summed E-state index contributed by atoms with van der Waals surface area (Å²) in [4.78, 5) is 23.6. The molecule has 0 aromatic heterocycles. The van der Waals surface area contributed by atoms with E-state index in [1.165, 1.54) is 22.3 Å². The van der Waals surface area contributed by atoms with Gasteiger partial charge in [0.15, 0.2) is 0 Å². The van der Waals surface area contributed by atoms with Gasteiger partial charge in [0.1, 0.15) is 0 Å². The Morgan fingerprint density at radius 2 is 0.735 bits per heavy atom. The molecule has 0 heterocycles. The van der Waals surface area contributed by atoms with Crippen molar-refractivity contribution in [2.24, 2.45) is 0 Å². The minimum absolute atomic E-state index is 0.0202. The summed E-state index contributed by atoms with van der Waals surface area (Å²) in [6.45, 7) is 0. The van der Waals surface area contributed by atoms with Gasteiger partial charge in [0.25, 0.3) is 0 Å². The van der Waals surface area contributed by atoms with Gasteiger partial charge in [-0.3, -0.25) is 0 Å². The number of hydrogen-bond acceptors (Lipinski definition) is 4. The van der Waals surface area contributed by atoms with Crippen LogP contribution in [0.2, 0.25) is 0 Å². The van der Waals surface area contributed by atoms with E-state index in [1.54, 1.807) is 24.3 Å². The highest BCUT2D eigenvalue weighted by molar-refractivity contribution is 5.88. The maximum atomic E-state index is 11.8. The Morgan fingerprint density at radius 3 is 1.06 bits per heavy atom. The van der Waals surface area contributed by atoms with Crippen molar-refractivity contribution in [1.82, 2.24) is 0 Å². The van der Waals surface area contributed by atoms with Crippen LogP contribution in [0.1, 0.15) is 88.9 Å². The van der Waals surface area contributed by atoms with Gasteiger partial charge in [0.2, 0.25) is 0 Å². The zero-order chi connectivity index (χ0) is 23.1. The van der Waals surface area contributed by atoms with Crippen molar-refractivity contribution >= 4 is 11.9 Å². The first-order valence-corrected chi connectivity index (χ1v) is 11.4. The fourth-order valence-corrected chi connectivity index (χ4v) is 6.77. The van der Waals surface area contributed by atoms with E-state index in [0.29, 0.717) is 0 Å². The lowest BCUT2D eigenvalue weighted by Crippen LogP contribution is -2.36. The number of rotatable bonds is 2. The summed E-state index contributed by atoms with van der Waals surface area (Å²) in [5.74, 6) is -2.74. The van der Waals surface area contributed by atoms with E-state index < -0.39 is 11.9 Å². The highest BCUT2D eigenvalue weighted by atomic mass is 16.4. The number of hydrogen-bond donors (Lipinski definition) is 0. The predicted molar refractivity (Wildman–Crippen MR) is 122 cm³/mol. The van der Waals surface area contributed by atoms with Crippen LogP contribution in [0.25, 0.3) is 0 Å². The van der Waals surface area contributed by atoms with E-state index in [4.69, 9.17) is 0 Å². The van der Waals surface area contributed by atoms with Crippen LogP contribution in [-0.2, 0) is 0 Å². The Kier molecular flexibility index (Phi) is 3.79. The molecule has 6 aliphatic carbocycles. The van der Waals surface area contributed by atoms with Crippen LogP contribution in [0.15, 0.2) is 84.9 Å². The van der Waals surface area contributed by atoms with Crippen molar-refractivity contribution in [2.75, 3.05) is 0 Å². The van der Waals surface area contributed by atoms with Gasteiger partial charge in [0.05, 0.1) is 11.9 Å². The molecule has 4 aromatic rings. The molecule has 4 nitrogen and oxygen atoms in total. The molecule has 0 N–H and O–H groups in total. The van der Waals surface area contributed by atoms with Gasteiger partial charge in [-0.15, -0.1) is 0 Å². The molecule has 4 bridgehead atoms. The average molecular weight is 442 g/mol. The third-order valence-corrected chi connectivity index (χ3v) is 7.98. The Hall–Kier alpha value is -4.18. The van der Waals surface area contributed by atoms with Crippen LogP contribution in [0.4, 0.5) is 0 Å². The van der Waals surface area contributed by atoms with Gasteiger partial charge in [-0.05, 0) is 67.8 Å². The monoisotopic (exact) mass is 442 g/mol. The Morgan fingerprint density at radius 1 is 0.441 bits per heavy atom. The van der Waals surface area contributed by atoms with Crippen molar-refractivity contribution in [1.29, 1.82) is 0 Å². The number of carboxylic acids is 2. The molecule has 164 valence electrons. The van der Waals surface area contributed by atoms with E-state index in [2.05, 4.69) is 36.4 Å². The van der Waals surface area contributed by atoms with Crippen molar-refractivity contribution in [2.45, 2.75) is 23.7 Å². The fraction of sp³-hybridized carbons (Fsp3) is 0.133. The smallest absolute Gasteiger partial charge is 0.0715 e. The molecular formula is C30H18O4-2. The molecule has 0 amide bonds. The van der Waals surface area contributed by atoms with E-state index in [0.717, 1.165) is 22.3 Å². The van der Waals surface area contributed by atoms with Crippen LogP contribution < -0.4 is 10.2 Å². The van der Waals surface area contributed by atoms with Crippen molar-refractivity contribution in [3.05, 3.63) is 141 Å². The molecular weight excluding hydrogens is 424 g/mol. The molecule has 34 heavy (non-hydrogen) atoms. The molecule has 4 aromatic carbocycles. The topological polar surface area (TPSA) is 80.3 Å². The van der Waals surface area contributed by atoms with Gasteiger partial charge < -0.3 is 19.8 Å². The number of carbonyl (C=O) groups is 2. The molecule has 10 rings (SSSR count). The zero-order valence-corrected chi connectivity index (χ0v) is 18.0. The molecule has 0 fully saturated rings. The fourth-order valence-electron chi connectivity index (χ4n) is 6.77. The summed E-state index contributed by atoms with van der Waals surface area (Å²) in [6, 6.07) is 27.5. The first kappa shape index (κ1) is 19.3. The summed E-state index contributed by atoms with van der Waals surface area (Å²) in [6.07, 6.45) is 0. The molecule has 4 atom stereocenters. The zero-order valence-electron chi connectivity index (χ0n) is 18.0. The first-order chi connectivity index (χ1) is 16.5. The quantitative estimate of drug-likeness (QED) is 0.477. The molecule has 0 spiro atoms. The normalized spacial score (nSPS) is 22.6. The molecule has 0 aliphatic heterocycles. The third-order valence-electron chi connectivity index (χ3n) is 7.98. The average Bonchev–Trinajstić information content (AvgIpc) is 2.84. The molecule has 0 saturated carbocycles. The largest absolute Gasteiger partial charge is 0.545 e. The van der Waals surface area contributed by atoms with Crippen molar-refractivity contribution in [3.63, 3.8) is 0 Å². The molecule has 0 radical (unpaired) electrons. The maximum absolute atomic E-state index is 11.8. The minimum Gasteiger partial charge on any atom is -0.545 e.